The van der Waals surface area contributed by atoms with Crippen molar-refractivity contribution in [2.24, 2.45) is 35.5 Å². The highest BCUT2D eigenvalue weighted by molar-refractivity contribution is 5.85. The Balaban J connectivity index is 1.10. The Hall–Kier alpha value is -1.87. The highest BCUT2D eigenvalue weighted by Gasteiger charge is 2.40. The van der Waals surface area contributed by atoms with Gasteiger partial charge in [0.25, 0.3) is 0 Å². The SMILES string of the molecule is O=C(O)C1CCC(CONC2CCC(OC3CCC(NC(=O)C4CCC(COO)CC4C(=O)O)CC3)CC2)C(COO)C1. The van der Waals surface area contributed by atoms with Crippen molar-refractivity contribution in [2.45, 2.75) is 114 Å². The zero-order valence-electron chi connectivity index (χ0n) is 24.9. The topological polar surface area (TPSA) is 193 Å². The van der Waals surface area contributed by atoms with Crippen molar-refractivity contribution in [2.75, 3.05) is 19.8 Å². The quantitative estimate of drug-likeness (QED) is 0.123. The fourth-order valence-corrected chi connectivity index (χ4v) is 7.68. The van der Waals surface area contributed by atoms with Gasteiger partial charge in [-0.15, -0.1) is 0 Å². The summed E-state index contributed by atoms with van der Waals surface area (Å²) in [7, 11) is 0. The van der Waals surface area contributed by atoms with E-state index in [-0.39, 0.29) is 61.2 Å². The number of carbonyl (C=O) groups excluding carboxylic acids is 1. The lowest BCUT2D eigenvalue weighted by Crippen LogP contribution is -2.47. The van der Waals surface area contributed by atoms with Crippen LogP contribution in [0.15, 0.2) is 0 Å². The number of ether oxygens (including phenoxy) is 1. The summed E-state index contributed by atoms with van der Waals surface area (Å²) in [5.41, 5.74) is 3.19. The molecular formula is C30H50N2O11. The summed E-state index contributed by atoms with van der Waals surface area (Å²) in [6.45, 7) is 0.658. The molecule has 0 aliphatic heterocycles. The highest BCUT2D eigenvalue weighted by atomic mass is 17.1. The molecule has 4 rings (SSSR count). The molecule has 0 aromatic carbocycles. The van der Waals surface area contributed by atoms with Crippen LogP contribution in [0.1, 0.15) is 89.9 Å². The number of carbonyl (C=O) groups is 3. The number of amides is 1. The van der Waals surface area contributed by atoms with Gasteiger partial charge in [-0.2, -0.15) is 5.48 Å². The number of nitrogens with one attached hydrogen (secondary N) is 2. The van der Waals surface area contributed by atoms with Gasteiger partial charge in [-0.25, -0.2) is 9.78 Å². The molecule has 6 unspecified atom stereocenters. The molecule has 43 heavy (non-hydrogen) atoms. The van der Waals surface area contributed by atoms with E-state index in [1.807, 2.05) is 0 Å². The summed E-state index contributed by atoms with van der Waals surface area (Å²) >= 11 is 0. The molecule has 1 amide bonds. The normalized spacial score (nSPS) is 37.0. The van der Waals surface area contributed by atoms with Crippen molar-refractivity contribution in [3.63, 3.8) is 0 Å². The third-order valence-corrected chi connectivity index (χ3v) is 10.3. The van der Waals surface area contributed by atoms with Crippen LogP contribution in [0.25, 0.3) is 0 Å². The predicted octanol–water partition coefficient (Wildman–Crippen LogP) is 3.48. The number of rotatable bonds is 14. The highest BCUT2D eigenvalue weighted by Crippen LogP contribution is 2.36. The maximum Gasteiger partial charge on any atom is 0.307 e. The van der Waals surface area contributed by atoms with Crippen LogP contribution in [0.4, 0.5) is 0 Å². The van der Waals surface area contributed by atoms with E-state index in [1.165, 1.54) is 0 Å². The van der Waals surface area contributed by atoms with Gasteiger partial charge >= 0.3 is 11.9 Å². The first kappa shape index (κ1) is 34.0. The zero-order valence-corrected chi connectivity index (χ0v) is 24.9. The summed E-state index contributed by atoms with van der Waals surface area (Å²) in [5, 5.41) is 39.7. The molecule has 0 bridgehead atoms. The Morgan fingerprint density at radius 3 is 1.88 bits per heavy atom. The standard InChI is InChI=1S/C30H50N2O11/c33-28(26-12-1-18(15-41-38)13-27(26)30(36)37)31-22-4-8-24(9-5-22)43-25-10-6-23(7-11-25)32-40-16-20-3-2-19(29(34)35)14-21(20)17-42-39/h18-27,32,38-39H,1-17H2,(H,31,33)(H,34,35)(H,36,37). The van der Waals surface area contributed by atoms with Crippen LogP contribution in [-0.2, 0) is 33.7 Å². The van der Waals surface area contributed by atoms with Crippen LogP contribution in [-0.4, -0.2) is 82.7 Å². The minimum Gasteiger partial charge on any atom is -0.481 e. The van der Waals surface area contributed by atoms with Gasteiger partial charge in [0.2, 0.25) is 5.91 Å². The van der Waals surface area contributed by atoms with E-state index in [0.29, 0.717) is 38.7 Å². The smallest absolute Gasteiger partial charge is 0.307 e. The van der Waals surface area contributed by atoms with Crippen molar-refractivity contribution < 1.29 is 54.5 Å². The molecule has 13 nitrogen and oxygen atoms in total. The van der Waals surface area contributed by atoms with Crippen molar-refractivity contribution in [1.29, 1.82) is 0 Å². The van der Waals surface area contributed by atoms with Gasteiger partial charge in [0.15, 0.2) is 0 Å². The van der Waals surface area contributed by atoms with E-state index in [9.17, 15) is 24.6 Å². The molecule has 4 fully saturated rings. The summed E-state index contributed by atoms with van der Waals surface area (Å²) in [5.74, 6) is -3.65. The average Bonchev–Trinajstić information content (AvgIpc) is 3.00. The van der Waals surface area contributed by atoms with Crippen LogP contribution in [0, 0.1) is 35.5 Å². The minimum atomic E-state index is -0.974. The third kappa shape index (κ3) is 10.1. The van der Waals surface area contributed by atoms with Crippen LogP contribution in [0.2, 0.25) is 0 Å². The number of hydroxylamine groups is 1. The van der Waals surface area contributed by atoms with Crippen LogP contribution >= 0.6 is 0 Å². The molecule has 246 valence electrons. The molecule has 0 radical (unpaired) electrons. The molecule has 6 N–H and O–H groups in total. The van der Waals surface area contributed by atoms with Gasteiger partial charge in [0, 0.05) is 12.1 Å². The molecule has 4 aliphatic rings. The first-order chi connectivity index (χ1) is 20.8. The minimum absolute atomic E-state index is 0.0279. The van der Waals surface area contributed by atoms with E-state index in [4.69, 9.17) is 20.1 Å². The number of carboxylic acids is 2. The van der Waals surface area contributed by atoms with Crippen molar-refractivity contribution in [3.8, 4) is 0 Å². The number of hydrogen-bond acceptors (Lipinski definition) is 10. The maximum atomic E-state index is 13.0. The van der Waals surface area contributed by atoms with E-state index in [2.05, 4.69) is 20.6 Å². The number of aliphatic carboxylic acids is 2. The van der Waals surface area contributed by atoms with Gasteiger partial charge in [-0.1, -0.05) is 0 Å². The second-order valence-corrected chi connectivity index (χ2v) is 13.2. The molecule has 13 heteroatoms. The zero-order chi connectivity index (χ0) is 30.8. The van der Waals surface area contributed by atoms with Crippen LogP contribution in [0.5, 0.6) is 0 Å². The Morgan fingerprint density at radius 2 is 1.28 bits per heavy atom. The van der Waals surface area contributed by atoms with Gasteiger partial charge < -0.3 is 25.1 Å². The van der Waals surface area contributed by atoms with Crippen molar-refractivity contribution >= 4 is 17.8 Å². The van der Waals surface area contributed by atoms with E-state index in [0.717, 1.165) is 57.8 Å². The van der Waals surface area contributed by atoms with Gasteiger partial charge in [-0.05, 0) is 108 Å². The average molecular weight is 615 g/mol. The predicted molar refractivity (Wildman–Crippen MR) is 151 cm³/mol. The fraction of sp³-hybridized carbons (Fsp3) is 0.900. The van der Waals surface area contributed by atoms with Crippen molar-refractivity contribution in [1.82, 2.24) is 10.8 Å². The van der Waals surface area contributed by atoms with Gasteiger partial charge in [0.05, 0.1) is 49.8 Å². The second-order valence-electron chi connectivity index (χ2n) is 13.2. The number of carboxylic acid groups (broad SMARTS) is 2. The van der Waals surface area contributed by atoms with Crippen LogP contribution in [0.3, 0.4) is 0 Å². The summed E-state index contributed by atoms with van der Waals surface area (Å²) in [6.07, 6.45) is 10.7. The lowest BCUT2D eigenvalue weighted by Gasteiger charge is -2.37. The number of hydrogen-bond donors (Lipinski definition) is 6. The molecule has 4 aliphatic carbocycles. The van der Waals surface area contributed by atoms with Gasteiger partial charge in [0.1, 0.15) is 0 Å². The molecule has 0 aromatic rings. The largest absolute Gasteiger partial charge is 0.481 e. The maximum absolute atomic E-state index is 13.0. The molecule has 0 saturated heterocycles. The molecule has 0 heterocycles. The second kappa shape index (κ2) is 17.0. The Morgan fingerprint density at radius 1 is 0.628 bits per heavy atom. The summed E-state index contributed by atoms with van der Waals surface area (Å²) < 4.78 is 6.43. The van der Waals surface area contributed by atoms with E-state index < -0.39 is 29.7 Å². The summed E-state index contributed by atoms with van der Waals surface area (Å²) in [6, 6.07) is 0.259. The van der Waals surface area contributed by atoms with Gasteiger partial charge in [-0.3, -0.25) is 24.9 Å². The lowest BCUT2D eigenvalue weighted by molar-refractivity contribution is -0.257. The Bertz CT molecular complexity index is 891. The first-order valence-corrected chi connectivity index (χ1v) is 16.1. The monoisotopic (exact) mass is 614 g/mol. The van der Waals surface area contributed by atoms with Crippen LogP contribution < -0.4 is 10.8 Å². The third-order valence-electron chi connectivity index (χ3n) is 10.3. The fourth-order valence-electron chi connectivity index (χ4n) is 7.68. The Kier molecular flexibility index (Phi) is 13.4. The molecule has 6 atom stereocenters. The molecule has 0 spiro atoms. The lowest BCUT2D eigenvalue weighted by atomic mass is 9.73. The molecule has 4 saturated carbocycles. The molecule has 0 aromatic heterocycles. The first-order valence-electron chi connectivity index (χ1n) is 16.1. The Labute approximate surface area is 252 Å². The van der Waals surface area contributed by atoms with E-state index >= 15 is 0 Å². The summed E-state index contributed by atoms with van der Waals surface area (Å²) in [4.78, 5) is 50.5. The van der Waals surface area contributed by atoms with E-state index in [1.54, 1.807) is 0 Å². The van der Waals surface area contributed by atoms with Crippen molar-refractivity contribution in [3.05, 3.63) is 0 Å². The molecular weight excluding hydrogens is 564 g/mol.